The zero-order valence-corrected chi connectivity index (χ0v) is 14.4. The van der Waals surface area contributed by atoms with Crippen molar-refractivity contribution in [3.63, 3.8) is 0 Å². The standard InChI is InChI=1S/C17H18BrClFN/c1-3-21-17(13-6-11(2)7-14(18)8-13)10-12-9-15(19)4-5-16(12)20/h4-9,17,21H,3,10H2,1-2H3. The third-order valence-electron chi connectivity index (χ3n) is 3.35. The van der Waals surface area contributed by atoms with Crippen LogP contribution in [-0.2, 0) is 6.42 Å². The van der Waals surface area contributed by atoms with Gasteiger partial charge in [-0.2, -0.15) is 0 Å². The maximum absolute atomic E-state index is 13.9. The van der Waals surface area contributed by atoms with Crippen molar-refractivity contribution in [2.75, 3.05) is 6.54 Å². The minimum Gasteiger partial charge on any atom is -0.310 e. The van der Waals surface area contributed by atoms with Crippen LogP contribution in [0.2, 0.25) is 5.02 Å². The lowest BCUT2D eigenvalue weighted by molar-refractivity contribution is 0.527. The molecular formula is C17H18BrClFN. The molecule has 1 unspecified atom stereocenters. The lowest BCUT2D eigenvalue weighted by Crippen LogP contribution is -2.23. The van der Waals surface area contributed by atoms with Crippen molar-refractivity contribution in [3.05, 3.63) is 68.4 Å². The molecule has 0 radical (unpaired) electrons. The zero-order chi connectivity index (χ0) is 15.4. The number of benzene rings is 2. The van der Waals surface area contributed by atoms with E-state index in [2.05, 4.69) is 46.4 Å². The van der Waals surface area contributed by atoms with E-state index < -0.39 is 0 Å². The van der Waals surface area contributed by atoms with Gasteiger partial charge in [-0.15, -0.1) is 0 Å². The summed E-state index contributed by atoms with van der Waals surface area (Å²) >= 11 is 9.50. The summed E-state index contributed by atoms with van der Waals surface area (Å²) in [6, 6.07) is 11.0. The molecule has 0 fully saturated rings. The van der Waals surface area contributed by atoms with Crippen LogP contribution in [-0.4, -0.2) is 6.54 Å². The summed E-state index contributed by atoms with van der Waals surface area (Å²) in [6.45, 7) is 4.92. The summed E-state index contributed by atoms with van der Waals surface area (Å²) in [5.74, 6) is -0.214. The molecular weight excluding hydrogens is 353 g/mol. The van der Waals surface area contributed by atoms with Crippen LogP contribution >= 0.6 is 27.5 Å². The topological polar surface area (TPSA) is 12.0 Å². The molecule has 0 saturated carbocycles. The minimum atomic E-state index is -0.214. The lowest BCUT2D eigenvalue weighted by Gasteiger charge is -2.20. The maximum Gasteiger partial charge on any atom is 0.126 e. The molecule has 0 aliphatic rings. The van der Waals surface area contributed by atoms with E-state index >= 15 is 0 Å². The Hall–Kier alpha value is -0.900. The molecule has 1 atom stereocenters. The Morgan fingerprint density at radius 2 is 2.00 bits per heavy atom. The fourth-order valence-electron chi connectivity index (χ4n) is 2.44. The van der Waals surface area contributed by atoms with Crippen LogP contribution in [0.5, 0.6) is 0 Å². The molecule has 4 heteroatoms. The second-order valence-corrected chi connectivity index (χ2v) is 6.46. The molecule has 1 N–H and O–H groups in total. The van der Waals surface area contributed by atoms with Crippen molar-refractivity contribution in [3.8, 4) is 0 Å². The molecule has 0 aliphatic carbocycles. The van der Waals surface area contributed by atoms with Gasteiger partial charge in [-0.3, -0.25) is 0 Å². The van der Waals surface area contributed by atoms with Crippen molar-refractivity contribution in [1.82, 2.24) is 5.32 Å². The van der Waals surface area contributed by atoms with Crippen molar-refractivity contribution >= 4 is 27.5 Å². The number of hydrogen-bond acceptors (Lipinski definition) is 1. The van der Waals surface area contributed by atoms with E-state index in [4.69, 9.17) is 11.6 Å². The van der Waals surface area contributed by atoms with E-state index in [0.717, 1.165) is 16.6 Å². The summed E-state index contributed by atoms with van der Waals surface area (Å²) < 4.78 is 15.0. The van der Waals surface area contributed by atoms with Gasteiger partial charge < -0.3 is 5.32 Å². The first kappa shape index (κ1) is 16.5. The highest BCUT2D eigenvalue weighted by Crippen LogP contribution is 2.26. The van der Waals surface area contributed by atoms with Gasteiger partial charge in [-0.25, -0.2) is 4.39 Å². The summed E-state index contributed by atoms with van der Waals surface area (Å²) in [6.07, 6.45) is 0.566. The van der Waals surface area contributed by atoms with E-state index in [0.29, 0.717) is 17.0 Å². The van der Waals surface area contributed by atoms with Gasteiger partial charge in [-0.1, -0.05) is 40.5 Å². The number of rotatable bonds is 5. The van der Waals surface area contributed by atoms with Crippen LogP contribution < -0.4 is 5.32 Å². The predicted octanol–water partition coefficient (Wildman–Crippen LogP) is 5.44. The third-order valence-corrected chi connectivity index (χ3v) is 4.04. The van der Waals surface area contributed by atoms with Crippen molar-refractivity contribution in [2.24, 2.45) is 0 Å². The van der Waals surface area contributed by atoms with Gasteiger partial charge >= 0.3 is 0 Å². The highest BCUT2D eigenvalue weighted by Gasteiger charge is 2.15. The van der Waals surface area contributed by atoms with Crippen LogP contribution in [0.15, 0.2) is 40.9 Å². The smallest absolute Gasteiger partial charge is 0.126 e. The fraction of sp³-hybridized carbons (Fsp3) is 0.294. The van der Waals surface area contributed by atoms with Gasteiger partial charge in [0.05, 0.1) is 0 Å². The van der Waals surface area contributed by atoms with E-state index in [-0.39, 0.29) is 11.9 Å². The van der Waals surface area contributed by atoms with Crippen LogP contribution in [0.1, 0.15) is 29.7 Å². The van der Waals surface area contributed by atoms with Crippen molar-refractivity contribution in [1.29, 1.82) is 0 Å². The first-order valence-corrected chi connectivity index (χ1v) is 8.11. The number of likely N-dealkylation sites (N-methyl/N-ethyl adjacent to an activating group) is 1. The molecule has 21 heavy (non-hydrogen) atoms. The molecule has 0 amide bonds. The molecule has 2 aromatic carbocycles. The number of halogens is 3. The Bertz CT molecular complexity index is 610. The summed E-state index contributed by atoms with van der Waals surface area (Å²) in [4.78, 5) is 0. The second kappa shape index (κ2) is 7.39. The van der Waals surface area contributed by atoms with E-state index in [1.54, 1.807) is 12.1 Å². The molecule has 1 nitrogen and oxygen atoms in total. The number of nitrogens with one attached hydrogen (secondary N) is 1. The van der Waals surface area contributed by atoms with Gasteiger partial charge in [-0.05, 0) is 66.9 Å². The van der Waals surface area contributed by atoms with E-state index in [9.17, 15) is 4.39 Å². The Morgan fingerprint density at radius 3 is 2.67 bits per heavy atom. The largest absolute Gasteiger partial charge is 0.310 e. The molecule has 2 aromatic rings. The monoisotopic (exact) mass is 369 g/mol. The molecule has 0 aromatic heterocycles. The predicted molar refractivity (Wildman–Crippen MR) is 90.4 cm³/mol. The maximum atomic E-state index is 13.9. The number of aryl methyl sites for hydroxylation is 1. The minimum absolute atomic E-state index is 0.0548. The van der Waals surface area contributed by atoms with Gasteiger partial charge in [0.2, 0.25) is 0 Å². The second-order valence-electron chi connectivity index (χ2n) is 5.11. The molecule has 0 heterocycles. The van der Waals surface area contributed by atoms with Crippen LogP contribution in [0.4, 0.5) is 4.39 Å². The van der Waals surface area contributed by atoms with Crippen LogP contribution in [0.3, 0.4) is 0 Å². The first-order chi connectivity index (χ1) is 9.99. The van der Waals surface area contributed by atoms with Gasteiger partial charge in [0.1, 0.15) is 5.82 Å². The third kappa shape index (κ3) is 4.53. The Labute approximate surface area is 138 Å². The molecule has 0 spiro atoms. The van der Waals surface area contributed by atoms with E-state index in [1.165, 1.54) is 11.6 Å². The highest BCUT2D eigenvalue weighted by molar-refractivity contribution is 9.10. The van der Waals surface area contributed by atoms with Crippen LogP contribution in [0, 0.1) is 12.7 Å². The van der Waals surface area contributed by atoms with Crippen LogP contribution in [0.25, 0.3) is 0 Å². The van der Waals surface area contributed by atoms with Gasteiger partial charge in [0.25, 0.3) is 0 Å². The average Bonchev–Trinajstić information content (AvgIpc) is 2.41. The Morgan fingerprint density at radius 1 is 1.24 bits per heavy atom. The van der Waals surface area contributed by atoms with E-state index in [1.807, 2.05) is 6.92 Å². The molecule has 0 aliphatic heterocycles. The Kier molecular flexibility index (Phi) is 5.80. The SMILES string of the molecule is CCNC(Cc1cc(Cl)ccc1F)c1cc(C)cc(Br)c1. The van der Waals surface area contributed by atoms with Crippen molar-refractivity contribution in [2.45, 2.75) is 26.3 Å². The fourth-order valence-corrected chi connectivity index (χ4v) is 3.26. The summed E-state index contributed by atoms with van der Waals surface area (Å²) in [5, 5.41) is 3.98. The van der Waals surface area contributed by atoms with Crippen molar-refractivity contribution < 1.29 is 4.39 Å². The highest BCUT2D eigenvalue weighted by atomic mass is 79.9. The van der Waals surface area contributed by atoms with Gasteiger partial charge in [0, 0.05) is 15.5 Å². The number of hydrogen-bond donors (Lipinski definition) is 1. The summed E-state index contributed by atoms with van der Waals surface area (Å²) in [7, 11) is 0. The molecule has 2 rings (SSSR count). The Balaban J connectivity index is 2.32. The summed E-state index contributed by atoms with van der Waals surface area (Å²) in [5.41, 5.74) is 2.95. The normalized spacial score (nSPS) is 12.4. The van der Waals surface area contributed by atoms with Gasteiger partial charge in [0.15, 0.2) is 0 Å². The first-order valence-electron chi connectivity index (χ1n) is 6.94. The average molecular weight is 371 g/mol. The quantitative estimate of drug-likeness (QED) is 0.738. The molecule has 0 bridgehead atoms. The zero-order valence-electron chi connectivity index (χ0n) is 12.1. The molecule has 0 saturated heterocycles. The lowest BCUT2D eigenvalue weighted by atomic mass is 9.97. The molecule has 112 valence electrons.